The van der Waals surface area contributed by atoms with Gasteiger partial charge in [-0.05, 0) is 55.3 Å². The number of rotatable bonds is 3. The normalized spacial score (nSPS) is 15.8. The van der Waals surface area contributed by atoms with Gasteiger partial charge in [-0.15, -0.1) is 0 Å². The first-order valence-corrected chi connectivity index (χ1v) is 9.63. The van der Waals surface area contributed by atoms with Crippen molar-refractivity contribution in [1.82, 2.24) is 9.13 Å². The van der Waals surface area contributed by atoms with Crippen molar-refractivity contribution in [2.75, 3.05) is 23.3 Å². The van der Waals surface area contributed by atoms with Gasteiger partial charge in [-0.1, -0.05) is 0 Å². The lowest BCUT2D eigenvalue weighted by molar-refractivity contribution is -0.179. The molecule has 154 valence electrons. The van der Waals surface area contributed by atoms with Gasteiger partial charge in [0.05, 0.1) is 17.0 Å². The molecular formula is C21H24F3N5. The summed E-state index contributed by atoms with van der Waals surface area (Å²) in [7, 11) is 3.74. The number of hydrogen-bond donors (Lipinski definition) is 2. The van der Waals surface area contributed by atoms with Gasteiger partial charge >= 0.3 is 6.18 Å². The summed E-state index contributed by atoms with van der Waals surface area (Å²) >= 11 is 0. The standard InChI is InChI=1S/C21H24F3N5/c1-27-18-8-5-16(13-19(18)28(2)20(27)25)26-15-3-6-17(7-4-15)29-11-9-14(10-12-29)21(22,23)24/h3-8,13-14,25-26H,9-12H2,1-2H3. The number of piperidine rings is 1. The number of nitrogens with zero attached hydrogens (tertiary/aromatic N) is 3. The number of aryl methyl sites for hydroxylation is 2. The van der Waals surface area contributed by atoms with Crippen molar-refractivity contribution in [2.24, 2.45) is 20.0 Å². The number of imidazole rings is 1. The third kappa shape index (κ3) is 3.71. The van der Waals surface area contributed by atoms with Gasteiger partial charge in [0.2, 0.25) is 5.62 Å². The van der Waals surface area contributed by atoms with Crippen molar-refractivity contribution in [3.63, 3.8) is 0 Å². The smallest absolute Gasteiger partial charge is 0.372 e. The van der Waals surface area contributed by atoms with Crippen LogP contribution >= 0.6 is 0 Å². The zero-order valence-electron chi connectivity index (χ0n) is 16.4. The first-order chi connectivity index (χ1) is 13.7. The summed E-state index contributed by atoms with van der Waals surface area (Å²) in [5.41, 5.74) is 5.14. The van der Waals surface area contributed by atoms with Crippen LogP contribution in [0.3, 0.4) is 0 Å². The van der Waals surface area contributed by atoms with E-state index in [0.717, 1.165) is 28.1 Å². The summed E-state index contributed by atoms with van der Waals surface area (Å²) in [4.78, 5) is 2.01. The molecular weight excluding hydrogens is 379 g/mol. The molecule has 0 bridgehead atoms. The molecule has 1 aromatic heterocycles. The van der Waals surface area contributed by atoms with Crippen LogP contribution in [0.2, 0.25) is 0 Å². The van der Waals surface area contributed by atoms with Crippen LogP contribution in [-0.4, -0.2) is 28.4 Å². The molecule has 0 unspecified atom stereocenters. The average Bonchev–Trinajstić information content (AvgIpc) is 2.92. The Labute approximate surface area is 166 Å². The molecule has 4 rings (SSSR count). The highest BCUT2D eigenvalue weighted by Gasteiger charge is 2.41. The highest BCUT2D eigenvalue weighted by Crippen LogP contribution is 2.35. The van der Waals surface area contributed by atoms with Crippen LogP contribution in [0.25, 0.3) is 11.0 Å². The van der Waals surface area contributed by atoms with Crippen molar-refractivity contribution >= 4 is 28.1 Å². The van der Waals surface area contributed by atoms with Gasteiger partial charge in [-0.25, -0.2) is 0 Å². The molecule has 2 N–H and O–H groups in total. The van der Waals surface area contributed by atoms with Gasteiger partial charge in [0.15, 0.2) is 0 Å². The van der Waals surface area contributed by atoms with Gasteiger partial charge in [0.1, 0.15) is 0 Å². The van der Waals surface area contributed by atoms with Crippen LogP contribution in [0.15, 0.2) is 42.5 Å². The minimum atomic E-state index is -4.09. The molecule has 8 heteroatoms. The highest BCUT2D eigenvalue weighted by atomic mass is 19.4. The molecule has 0 aliphatic carbocycles. The molecule has 3 aromatic rings. The molecule has 5 nitrogen and oxygen atoms in total. The maximum atomic E-state index is 12.8. The van der Waals surface area contributed by atoms with E-state index < -0.39 is 12.1 Å². The summed E-state index contributed by atoms with van der Waals surface area (Å²) in [6.07, 6.45) is -3.79. The SMILES string of the molecule is Cn1c(=N)n(C)c2cc(Nc3ccc(N4CCC(C(F)(F)F)CC4)cc3)ccc21. The van der Waals surface area contributed by atoms with Crippen LogP contribution in [-0.2, 0) is 14.1 Å². The first-order valence-electron chi connectivity index (χ1n) is 9.63. The Bertz CT molecular complexity index is 1070. The molecule has 1 saturated heterocycles. The molecule has 0 amide bonds. The number of halogens is 3. The second-order valence-corrected chi connectivity index (χ2v) is 7.62. The Balaban J connectivity index is 1.46. The fourth-order valence-electron chi connectivity index (χ4n) is 3.99. The molecule has 1 fully saturated rings. The lowest BCUT2D eigenvalue weighted by Crippen LogP contribution is -2.38. The third-order valence-electron chi connectivity index (χ3n) is 5.81. The van der Waals surface area contributed by atoms with E-state index in [2.05, 4.69) is 5.32 Å². The Kier molecular flexibility index (Phi) is 4.80. The lowest BCUT2D eigenvalue weighted by atomic mass is 9.96. The maximum Gasteiger partial charge on any atom is 0.391 e. The third-order valence-corrected chi connectivity index (χ3v) is 5.81. The van der Waals surface area contributed by atoms with E-state index in [9.17, 15) is 13.2 Å². The van der Waals surface area contributed by atoms with E-state index in [0.29, 0.717) is 18.7 Å². The topological polar surface area (TPSA) is 49.0 Å². The number of anilines is 3. The molecule has 1 aliphatic rings. The molecule has 2 heterocycles. The zero-order chi connectivity index (χ0) is 20.8. The maximum absolute atomic E-state index is 12.8. The predicted octanol–water partition coefficient (Wildman–Crippen LogP) is 4.52. The Morgan fingerprint density at radius 1 is 0.897 bits per heavy atom. The van der Waals surface area contributed by atoms with Gasteiger partial charge < -0.3 is 19.4 Å². The van der Waals surface area contributed by atoms with E-state index in [1.807, 2.05) is 70.6 Å². The van der Waals surface area contributed by atoms with E-state index in [4.69, 9.17) is 5.41 Å². The number of alkyl halides is 3. The highest BCUT2D eigenvalue weighted by molar-refractivity contribution is 5.81. The second kappa shape index (κ2) is 7.17. The number of hydrogen-bond acceptors (Lipinski definition) is 3. The minimum Gasteiger partial charge on any atom is -0.372 e. The fraction of sp³-hybridized carbons (Fsp3) is 0.381. The number of aromatic nitrogens is 2. The minimum absolute atomic E-state index is 0.148. The largest absolute Gasteiger partial charge is 0.391 e. The molecule has 0 atom stereocenters. The molecule has 1 aliphatic heterocycles. The van der Waals surface area contributed by atoms with E-state index in [1.165, 1.54) is 0 Å². The van der Waals surface area contributed by atoms with Gasteiger partial charge in [0.25, 0.3) is 0 Å². The van der Waals surface area contributed by atoms with Crippen LogP contribution in [0.4, 0.5) is 30.2 Å². The molecule has 0 spiro atoms. The quantitative estimate of drug-likeness (QED) is 0.676. The fourth-order valence-corrected chi connectivity index (χ4v) is 3.99. The summed E-state index contributed by atoms with van der Waals surface area (Å²) in [6.45, 7) is 0.848. The Morgan fingerprint density at radius 2 is 1.48 bits per heavy atom. The zero-order valence-corrected chi connectivity index (χ0v) is 16.4. The van der Waals surface area contributed by atoms with E-state index >= 15 is 0 Å². The van der Waals surface area contributed by atoms with Gasteiger partial charge in [0, 0.05) is 44.2 Å². The van der Waals surface area contributed by atoms with Crippen LogP contribution < -0.4 is 15.8 Å². The number of benzene rings is 2. The number of fused-ring (bicyclic) bond motifs is 1. The van der Waals surface area contributed by atoms with Crippen molar-refractivity contribution in [1.29, 1.82) is 5.41 Å². The summed E-state index contributed by atoms with van der Waals surface area (Å²) < 4.78 is 42.2. The second-order valence-electron chi connectivity index (χ2n) is 7.62. The van der Waals surface area contributed by atoms with Crippen molar-refractivity contribution in [3.05, 3.63) is 48.1 Å². The summed E-state index contributed by atoms with van der Waals surface area (Å²) in [6, 6.07) is 13.7. The molecule has 0 radical (unpaired) electrons. The lowest BCUT2D eigenvalue weighted by Gasteiger charge is -2.34. The summed E-state index contributed by atoms with van der Waals surface area (Å²) in [5, 5.41) is 11.4. The number of nitrogens with one attached hydrogen (secondary N) is 2. The van der Waals surface area contributed by atoms with Gasteiger partial charge in [-0.2, -0.15) is 13.2 Å². The van der Waals surface area contributed by atoms with Crippen molar-refractivity contribution in [2.45, 2.75) is 19.0 Å². The van der Waals surface area contributed by atoms with E-state index in [1.54, 1.807) is 0 Å². The molecule has 0 saturated carbocycles. The monoisotopic (exact) mass is 403 g/mol. The van der Waals surface area contributed by atoms with Gasteiger partial charge in [-0.3, -0.25) is 5.41 Å². The molecule has 29 heavy (non-hydrogen) atoms. The van der Waals surface area contributed by atoms with Crippen LogP contribution in [0.5, 0.6) is 0 Å². The molecule has 2 aromatic carbocycles. The van der Waals surface area contributed by atoms with E-state index in [-0.39, 0.29) is 12.8 Å². The van der Waals surface area contributed by atoms with Crippen LogP contribution in [0, 0.1) is 11.3 Å². The average molecular weight is 403 g/mol. The first kappa shape index (κ1) is 19.4. The Morgan fingerprint density at radius 3 is 2.10 bits per heavy atom. The summed E-state index contributed by atoms with van der Waals surface area (Å²) in [5.74, 6) is -1.18. The van der Waals surface area contributed by atoms with Crippen molar-refractivity contribution in [3.8, 4) is 0 Å². The van der Waals surface area contributed by atoms with Crippen molar-refractivity contribution < 1.29 is 13.2 Å². The van der Waals surface area contributed by atoms with Crippen LogP contribution in [0.1, 0.15) is 12.8 Å². The Hall–Kier alpha value is -2.90. The predicted molar refractivity (Wildman–Crippen MR) is 108 cm³/mol.